The molecule has 6 aromatic rings. The maximum Gasteiger partial charge on any atom is 0.340 e. The number of carbonyl (C=O) groups is 2. The molecule has 19 heteroatoms. The Kier molecular flexibility index (Phi) is 10.8. The van der Waals surface area contributed by atoms with Crippen molar-refractivity contribution in [2.24, 2.45) is 5.84 Å². The average Bonchev–Trinajstić information content (AvgIpc) is 3.85. The standard InChI is InChI=1S/C43H36ClF2N9O6S.C2H6/c1-3-20-22-8-19(4-7-30(22)51-34-25(20)14-54-31(34)10-23-26(41(54)58)16-61-42(59)38(23)56)60-15-17(2)40(57)53-12-18(13-53)55(49)37-24-9-27(44)32(33(46)35(24)50-11-29(37)47)21-5-6-28(45)39-36(21)52-43(48)62-39;1-2/h4-11,18,34,38,51,56H,2-3,12-16,47,49H2,1H3,(H2,48,52);1-2H3. The molecule has 10 rings (SSSR count). The van der Waals surface area contributed by atoms with Crippen LogP contribution >= 0.6 is 22.9 Å². The van der Waals surface area contributed by atoms with Gasteiger partial charge in [-0.15, -0.1) is 0 Å². The van der Waals surface area contributed by atoms with Gasteiger partial charge in [-0.3, -0.25) is 14.6 Å². The molecule has 15 nitrogen and oxygen atoms in total. The van der Waals surface area contributed by atoms with Crippen LogP contribution in [0.1, 0.15) is 61.7 Å². The number of allylic oxidation sites excluding steroid dienone is 1. The lowest BCUT2D eigenvalue weighted by Gasteiger charge is -2.44. The molecule has 1 saturated heterocycles. The number of nitrogens with two attached hydrogens (primary N) is 3. The number of cyclic esters (lactones) is 1. The van der Waals surface area contributed by atoms with Crippen LogP contribution in [0.2, 0.25) is 5.02 Å². The number of carbonyl (C=O) groups excluding carboxylic acids is 2. The molecule has 4 aliphatic heterocycles. The van der Waals surface area contributed by atoms with Crippen LogP contribution in [0.3, 0.4) is 0 Å². The number of anilines is 4. The van der Waals surface area contributed by atoms with Crippen LogP contribution in [0.5, 0.6) is 5.75 Å². The van der Waals surface area contributed by atoms with Gasteiger partial charge >= 0.3 is 5.97 Å². The Morgan fingerprint density at radius 2 is 1.89 bits per heavy atom. The summed E-state index contributed by atoms with van der Waals surface area (Å²) in [4.78, 5) is 49.1. The summed E-state index contributed by atoms with van der Waals surface area (Å²) in [5.74, 6) is 4.70. The average molecular weight is 910 g/mol. The number of thiazole rings is 1. The lowest BCUT2D eigenvalue weighted by atomic mass is 9.88. The van der Waals surface area contributed by atoms with Crippen molar-refractivity contribution in [3.63, 3.8) is 0 Å². The Morgan fingerprint density at radius 3 is 2.64 bits per heavy atom. The van der Waals surface area contributed by atoms with Crippen molar-refractivity contribution in [2.75, 3.05) is 41.5 Å². The lowest BCUT2D eigenvalue weighted by Crippen LogP contribution is -2.63. The van der Waals surface area contributed by atoms with Crippen molar-refractivity contribution in [1.29, 1.82) is 0 Å². The third-order valence-electron chi connectivity index (χ3n) is 12.0. The number of aliphatic hydroxyl groups is 1. The molecule has 4 aliphatic rings. The largest absolute Gasteiger partial charge is 0.489 e. The van der Waals surface area contributed by atoms with Crippen molar-refractivity contribution in [1.82, 2.24) is 19.4 Å². The Balaban J connectivity index is 0.00000256. The minimum atomic E-state index is -1.52. The molecule has 3 aromatic carbocycles. The first-order chi connectivity index (χ1) is 30.7. The van der Waals surface area contributed by atoms with Crippen molar-refractivity contribution < 1.29 is 33.0 Å². The number of benzene rings is 3. The zero-order valence-electron chi connectivity index (χ0n) is 34.8. The highest BCUT2D eigenvalue weighted by Crippen LogP contribution is 2.48. The van der Waals surface area contributed by atoms with E-state index in [-0.39, 0.29) is 114 Å². The Labute approximate surface area is 373 Å². The third kappa shape index (κ3) is 6.70. The van der Waals surface area contributed by atoms with Crippen LogP contribution in [0, 0.1) is 11.6 Å². The van der Waals surface area contributed by atoms with Crippen molar-refractivity contribution >= 4 is 83.7 Å². The molecular weight excluding hydrogens is 868 g/mol. The number of nitrogens with one attached hydrogen (secondary N) is 1. The number of halogens is 3. The summed E-state index contributed by atoms with van der Waals surface area (Å²) in [7, 11) is 0. The predicted molar refractivity (Wildman–Crippen MR) is 243 cm³/mol. The number of hydrogen-bond acceptors (Lipinski definition) is 14. The molecule has 7 heterocycles. The van der Waals surface area contributed by atoms with E-state index in [2.05, 4.69) is 21.9 Å². The van der Waals surface area contributed by atoms with E-state index in [4.69, 9.17) is 38.4 Å². The van der Waals surface area contributed by atoms with Gasteiger partial charge in [-0.2, -0.15) is 0 Å². The number of aromatic nitrogens is 3. The molecule has 0 spiro atoms. The summed E-state index contributed by atoms with van der Waals surface area (Å²) >= 11 is 7.66. The molecular formula is C45H42ClF2N9O6S. The topological polar surface area (TPSA) is 217 Å². The van der Waals surface area contributed by atoms with Gasteiger partial charge < -0.3 is 45.8 Å². The van der Waals surface area contributed by atoms with E-state index >= 15 is 4.39 Å². The predicted octanol–water partition coefficient (Wildman–Crippen LogP) is 6.76. The SMILES string of the molecule is C=C(COc1ccc2c(c1)C(CC)=C1Cn3c(cc4c(c3=O)COC(=O)C4O)C1N2)C(=O)N1CC(N(N)c2c(N)cnc3c(F)c(-c4ccc(F)c5sc(N)nc45)c(Cl)cc23)C1.CC. The first kappa shape index (κ1) is 42.7. The fourth-order valence-corrected chi connectivity index (χ4v) is 9.96. The highest BCUT2D eigenvalue weighted by Gasteiger charge is 2.40. The van der Waals surface area contributed by atoms with E-state index < -0.39 is 29.7 Å². The maximum absolute atomic E-state index is 16.4. The van der Waals surface area contributed by atoms with E-state index in [9.17, 15) is 23.9 Å². The van der Waals surface area contributed by atoms with E-state index in [0.29, 0.717) is 24.4 Å². The van der Waals surface area contributed by atoms with E-state index in [0.717, 1.165) is 33.7 Å². The molecule has 3 aromatic heterocycles. The van der Waals surface area contributed by atoms with Crippen LogP contribution < -0.4 is 37.9 Å². The third-order valence-corrected chi connectivity index (χ3v) is 13.2. The van der Waals surface area contributed by atoms with Gasteiger partial charge in [0.2, 0.25) is 0 Å². The molecule has 8 N–H and O–H groups in total. The van der Waals surface area contributed by atoms with Gasteiger partial charge in [0.15, 0.2) is 17.1 Å². The molecule has 1 amide bonds. The number of rotatable bonds is 8. The summed E-state index contributed by atoms with van der Waals surface area (Å²) in [5.41, 5.74) is 17.8. The van der Waals surface area contributed by atoms with E-state index in [1.54, 1.807) is 21.6 Å². The minimum absolute atomic E-state index is 0.00343. The smallest absolute Gasteiger partial charge is 0.340 e. The highest BCUT2D eigenvalue weighted by molar-refractivity contribution is 7.22. The number of hydrogen-bond donors (Lipinski definition) is 5. The minimum Gasteiger partial charge on any atom is -0.489 e. The normalized spacial score (nSPS) is 17.4. The summed E-state index contributed by atoms with van der Waals surface area (Å²) in [6, 6.07) is 10.6. The second-order valence-electron chi connectivity index (χ2n) is 15.5. The number of nitrogen functional groups attached to an aromatic ring is 2. The molecule has 64 heavy (non-hydrogen) atoms. The molecule has 2 unspecified atom stereocenters. The number of ether oxygens (including phenoxy) is 2. The number of aliphatic hydroxyl groups excluding tert-OH is 1. The second-order valence-corrected chi connectivity index (χ2v) is 17.0. The van der Waals surface area contributed by atoms with Crippen LogP contribution in [-0.2, 0) is 27.5 Å². The van der Waals surface area contributed by atoms with Crippen molar-refractivity contribution in [3.05, 3.63) is 116 Å². The first-order valence-corrected chi connectivity index (χ1v) is 21.7. The molecule has 0 aliphatic carbocycles. The second kappa shape index (κ2) is 16.2. The van der Waals surface area contributed by atoms with Crippen LogP contribution in [0.25, 0.3) is 37.8 Å². The Hall–Kier alpha value is -6.60. The monoisotopic (exact) mass is 909 g/mol. The summed E-state index contributed by atoms with van der Waals surface area (Å²) in [6.45, 7) is 10.5. The van der Waals surface area contributed by atoms with E-state index in [1.165, 1.54) is 29.4 Å². The summed E-state index contributed by atoms with van der Waals surface area (Å²) in [6.07, 6.45) is 0.430. The van der Waals surface area contributed by atoms with Crippen molar-refractivity contribution in [2.45, 2.75) is 58.5 Å². The lowest BCUT2D eigenvalue weighted by molar-refractivity contribution is -0.157. The van der Waals surface area contributed by atoms with E-state index in [1.807, 2.05) is 32.9 Å². The van der Waals surface area contributed by atoms with Gasteiger partial charge in [0.25, 0.3) is 11.5 Å². The molecule has 330 valence electrons. The van der Waals surface area contributed by atoms with Gasteiger partial charge in [0.05, 0.1) is 50.5 Å². The van der Waals surface area contributed by atoms with Crippen LogP contribution in [0.4, 0.5) is 31.0 Å². The highest BCUT2D eigenvalue weighted by atomic mass is 35.5. The fourth-order valence-electron chi connectivity index (χ4n) is 8.90. The molecule has 0 saturated carbocycles. The number of nitrogens with zero attached hydrogens (tertiary/aromatic N) is 5. The Bertz CT molecular complexity index is 3090. The van der Waals surface area contributed by atoms with Gasteiger partial charge in [-0.05, 0) is 60.0 Å². The molecule has 0 bridgehead atoms. The molecule has 1 fully saturated rings. The number of fused-ring (bicyclic) bond motifs is 7. The fraction of sp³-hybridized carbons (Fsp3) is 0.267. The molecule has 2 atom stereocenters. The van der Waals surface area contributed by atoms with Gasteiger partial charge in [-0.25, -0.2) is 24.4 Å². The zero-order chi connectivity index (χ0) is 45.5. The quantitative estimate of drug-likeness (QED) is 0.0463. The Morgan fingerprint density at radius 1 is 1.12 bits per heavy atom. The zero-order valence-corrected chi connectivity index (χ0v) is 36.4. The first-order valence-electron chi connectivity index (χ1n) is 20.5. The van der Waals surface area contributed by atoms with Gasteiger partial charge in [-0.1, -0.05) is 50.3 Å². The van der Waals surface area contributed by atoms with Gasteiger partial charge in [0.1, 0.15) is 30.3 Å². The maximum atomic E-state index is 16.4. The molecule has 0 radical (unpaired) electrons. The number of pyridine rings is 2. The number of esters is 1. The summed E-state index contributed by atoms with van der Waals surface area (Å²) < 4.78 is 43.9. The van der Waals surface area contributed by atoms with Crippen LogP contribution in [0.15, 0.2) is 71.2 Å². The number of amides is 1. The van der Waals surface area contributed by atoms with Crippen LogP contribution in [-0.4, -0.2) is 62.2 Å². The summed E-state index contributed by atoms with van der Waals surface area (Å²) in [5, 5.41) is 15.8. The van der Waals surface area contributed by atoms with Crippen molar-refractivity contribution in [3.8, 4) is 16.9 Å². The number of hydrazine groups is 1. The number of likely N-dealkylation sites (tertiary alicyclic amines) is 1. The van der Waals surface area contributed by atoms with Gasteiger partial charge in [0, 0.05) is 64.2 Å².